The van der Waals surface area contributed by atoms with Crippen molar-refractivity contribution in [2.24, 2.45) is 5.92 Å². The van der Waals surface area contributed by atoms with E-state index in [1.54, 1.807) is 12.4 Å². The average Bonchev–Trinajstić information content (AvgIpc) is 2.91. The number of hydrogen-bond acceptors (Lipinski definition) is 3. The molecule has 0 aliphatic heterocycles. The van der Waals surface area contributed by atoms with Gasteiger partial charge in [-0.25, -0.2) is 4.79 Å². The zero-order valence-corrected chi connectivity index (χ0v) is 21.0. The van der Waals surface area contributed by atoms with Crippen LogP contribution in [0.5, 0.6) is 0 Å². The zero-order valence-electron chi connectivity index (χ0n) is 21.0. The van der Waals surface area contributed by atoms with Crippen molar-refractivity contribution >= 4 is 17.4 Å². The highest BCUT2D eigenvalue weighted by atomic mass is 16.2. The summed E-state index contributed by atoms with van der Waals surface area (Å²) in [6, 6.07) is 30.8. The van der Waals surface area contributed by atoms with E-state index in [2.05, 4.69) is 101 Å². The highest BCUT2D eigenvalue weighted by Gasteiger charge is 2.13. The summed E-state index contributed by atoms with van der Waals surface area (Å²) in [5.41, 5.74) is 6.64. The van der Waals surface area contributed by atoms with Crippen molar-refractivity contribution < 1.29 is 4.79 Å². The van der Waals surface area contributed by atoms with Crippen molar-refractivity contribution in [3.05, 3.63) is 115 Å². The zero-order chi connectivity index (χ0) is 25.2. The number of amides is 2. The lowest BCUT2D eigenvalue weighted by Crippen LogP contribution is -2.28. The number of hydrogen-bond donors (Lipinski definition) is 2. The molecule has 2 N–H and O–H groups in total. The number of rotatable bonds is 10. The van der Waals surface area contributed by atoms with Crippen LogP contribution in [0.15, 0.2) is 103 Å². The molecule has 0 bridgehead atoms. The Labute approximate surface area is 214 Å². The third-order valence-corrected chi connectivity index (χ3v) is 6.11. The average molecular weight is 479 g/mol. The van der Waals surface area contributed by atoms with Crippen LogP contribution in [0, 0.1) is 5.92 Å². The maximum atomic E-state index is 12.3. The second kappa shape index (κ2) is 12.5. The van der Waals surface area contributed by atoms with Crippen molar-refractivity contribution in [3.8, 4) is 11.1 Å². The van der Waals surface area contributed by atoms with Crippen LogP contribution in [-0.2, 0) is 13.1 Å². The van der Waals surface area contributed by atoms with Gasteiger partial charge in [0.2, 0.25) is 0 Å². The molecule has 0 atom stereocenters. The molecule has 36 heavy (non-hydrogen) atoms. The van der Waals surface area contributed by atoms with E-state index in [4.69, 9.17) is 0 Å². The molecule has 3 aromatic carbocycles. The maximum Gasteiger partial charge on any atom is 0.319 e. The van der Waals surface area contributed by atoms with Crippen molar-refractivity contribution in [2.45, 2.75) is 33.4 Å². The third kappa shape index (κ3) is 7.19. The lowest BCUT2D eigenvalue weighted by Gasteiger charge is -2.27. The van der Waals surface area contributed by atoms with Gasteiger partial charge >= 0.3 is 6.03 Å². The van der Waals surface area contributed by atoms with Crippen molar-refractivity contribution in [1.29, 1.82) is 0 Å². The molecule has 184 valence electrons. The van der Waals surface area contributed by atoms with Crippen LogP contribution in [0.25, 0.3) is 11.1 Å². The first-order valence-electron chi connectivity index (χ1n) is 12.5. The molecule has 0 radical (unpaired) electrons. The monoisotopic (exact) mass is 478 g/mol. The molecule has 0 fully saturated rings. The molecule has 5 nitrogen and oxygen atoms in total. The normalized spacial score (nSPS) is 10.8. The molecule has 1 heterocycles. The largest absolute Gasteiger partial charge is 0.367 e. The topological polar surface area (TPSA) is 57.3 Å². The summed E-state index contributed by atoms with van der Waals surface area (Å²) in [6.45, 7) is 6.72. The van der Waals surface area contributed by atoms with Gasteiger partial charge in [0.05, 0.1) is 0 Å². The second-order valence-electron chi connectivity index (χ2n) is 9.34. The standard InChI is InChI=1S/C31H34N4O/c1-24(2)18-20-35(23-27-12-6-7-13-30(27)26-10-4-3-5-11-26)29-16-14-28(15-17-29)34-31(36)33-22-25-9-8-19-32-21-25/h3-17,19,21,24H,18,20,22-23H2,1-2H3,(H2,33,34,36). The molecule has 0 aliphatic carbocycles. The molecule has 2 amide bonds. The fraction of sp³-hybridized carbons (Fsp3) is 0.226. The Kier molecular flexibility index (Phi) is 8.71. The number of benzene rings is 3. The van der Waals surface area contributed by atoms with Gasteiger partial charge in [0.15, 0.2) is 0 Å². The summed E-state index contributed by atoms with van der Waals surface area (Å²) in [6.07, 6.45) is 4.57. The van der Waals surface area contributed by atoms with Gasteiger partial charge < -0.3 is 15.5 Å². The number of carbonyl (C=O) groups is 1. The number of pyridine rings is 1. The Balaban J connectivity index is 1.46. The summed E-state index contributed by atoms with van der Waals surface area (Å²) in [4.78, 5) is 18.8. The van der Waals surface area contributed by atoms with Gasteiger partial charge in [-0.05, 0) is 64.9 Å². The molecule has 5 heteroatoms. The molecular weight excluding hydrogens is 444 g/mol. The first-order valence-corrected chi connectivity index (χ1v) is 12.5. The number of urea groups is 1. The van der Waals surface area contributed by atoms with Gasteiger partial charge in [-0.1, -0.05) is 74.5 Å². The Morgan fingerprint density at radius 2 is 1.64 bits per heavy atom. The Morgan fingerprint density at radius 1 is 0.889 bits per heavy atom. The second-order valence-corrected chi connectivity index (χ2v) is 9.34. The van der Waals surface area contributed by atoms with E-state index in [1.807, 2.05) is 24.3 Å². The van der Waals surface area contributed by atoms with Gasteiger partial charge in [0.1, 0.15) is 0 Å². The van der Waals surface area contributed by atoms with Crippen LogP contribution in [0.4, 0.5) is 16.2 Å². The van der Waals surface area contributed by atoms with Crippen LogP contribution >= 0.6 is 0 Å². The quantitative estimate of drug-likeness (QED) is 0.255. The third-order valence-electron chi connectivity index (χ3n) is 6.11. The lowest BCUT2D eigenvalue weighted by molar-refractivity contribution is 0.251. The van der Waals surface area contributed by atoms with Crippen molar-refractivity contribution in [1.82, 2.24) is 10.3 Å². The minimum absolute atomic E-state index is 0.236. The highest BCUT2D eigenvalue weighted by molar-refractivity contribution is 5.89. The van der Waals surface area contributed by atoms with E-state index in [0.717, 1.165) is 36.4 Å². The SMILES string of the molecule is CC(C)CCN(Cc1ccccc1-c1ccccc1)c1ccc(NC(=O)NCc2cccnc2)cc1. The van der Waals surface area contributed by atoms with Gasteiger partial charge in [-0.3, -0.25) is 4.98 Å². The van der Waals surface area contributed by atoms with Gasteiger partial charge in [-0.15, -0.1) is 0 Å². The van der Waals surface area contributed by atoms with E-state index in [-0.39, 0.29) is 6.03 Å². The summed E-state index contributed by atoms with van der Waals surface area (Å²) in [5.74, 6) is 0.612. The fourth-order valence-electron chi connectivity index (χ4n) is 4.09. The molecule has 0 spiro atoms. The number of nitrogens with zero attached hydrogens (tertiary/aromatic N) is 2. The van der Waals surface area contributed by atoms with Gasteiger partial charge in [0.25, 0.3) is 0 Å². The number of carbonyl (C=O) groups excluding carboxylic acids is 1. The number of nitrogens with one attached hydrogen (secondary N) is 2. The minimum Gasteiger partial charge on any atom is -0.367 e. The predicted molar refractivity (Wildman–Crippen MR) is 149 cm³/mol. The Hall–Kier alpha value is -4.12. The van der Waals surface area contributed by atoms with Crippen LogP contribution in [0.1, 0.15) is 31.4 Å². The summed E-state index contributed by atoms with van der Waals surface area (Å²) >= 11 is 0. The smallest absolute Gasteiger partial charge is 0.319 e. The van der Waals surface area contributed by atoms with Crippen LogP contribution in [0.2, 0.25) is 0 Å². The molecule has 0 saturated heterocycles. The number of anilines is 2. The van der Waals surface area contributed by atoms with Crippen LogP contribution in [0.3, 0.4) is 0 Å². The summed E-state index contributed by atoms with van der Waals surface area (Å²) < 4.78 is 0. The molecule has 1 aromatic heterocycles. The molecule has 4 rings (SSSR count). The Bertz CT molecular complexity index is 1220. The van der Waals surface area contributed by atoms with E-state index in [9.17, 15) is 4.79 Å². The van der Waals surface area contributed by atoms with E-state index >= 15 is 0 Å². The fourth-order valence-corrected chi connectivity index (χ4v) is 4.09. The molecule has 0 aliphatic rings. The van der Waals surface area contributed by atoms with E-state index < -0.39 is 0 Å². The van der Waals surface area contributed by atoms with Crippen molar-refractivity contribution in [2.75, 3.05) is 16.8 Å². The predicted octanol–water partition coefficient (Wildman–Crippen LogP) is 7.12. The van der Waals surface area contributed by atoms with Gasteiger partial charge in [0, 0.05) is 43.4 Å². The lowest BCUT2D eigenvalue weighted by atomic mass is 9.99. The molecule has 4 aromatic rings. The summed E-state index contributed by atoms with van der Waals surface area (Å²) in [7, 11) is 0. The molecule has 0 saturated carbocycles. The first kappa shape index (κ1) is 25.0. The minimum atomic E-state index is -0.236. The molecular formula is C31H34N4O. The maximum absolute atomic E-state index is 12.3. The number of aromatic nitrogens is 1. The van der Waals surface area contributed by atoms with Crippen LogP contribution in [-0.4, -0.2) is 17.6 Å². The van der Waals surface area contributed by atoms with E-state index in [1.165, 1.54) is 16.7 Å². The highest BCUT2D eigenvalue weighted by Crippen LogP contribution is 2.27. The first-order chi connectivity index (χ1) is 17.6. The van der Waals surface area contributed by atoms with Crippen molar-refractivity contribution in [3.63, 3.8) is 0 Å². The summed E-state index contributed by atoms with van der Waals surface area (Å²) in [5, 5.41) is 5.79. The Morgan fingerprint density at radius 3 is 2.36 bits per heavy atom. The van der Waals surface area contributed by atoms with Gasteiger partial charge in [-0.2, -0.15) is 0 Å². The van der Waals surface area contributed by atoms with Crippen LogP contribution < -0.4 is 15.5 Å². The molecule has 0 unspecified atom stereocenters. The van der Waals surface area contributed by atoms with E-state index in [0.29, 0.717) is 12.5 Å².